The van der Waals surface area contributed by atoms with Crippen LogP contribution in [0.25, 0.3) is 0 Å². The molecule has 0 atom stereocenters. The average molecular weight is 356 g/mol. The maximum Gasteiger partial charge on any atom is 0.0301 e. The Morgan fingerprint density at radius 2 is 1.40 bits per heavy atom. The van der Waals surface area contributed by atoms with Crippen LogP contribution in [-0.4, -0.2) is 6.21 Å². The number of unbranched alkanes of at least 4 members (excludes halogenated alkanes) is 1. The molecule has 25 heavy (non-hydrogen) atoms. The van der Waals surface area contributed by atoms with Gasteiger partial charge in [0.05, 0.1) is 0 Å². The third kappa shape index (κ3) is 59.9. The predicted molar refractivity (Wildman–Crippen MR) is 125 cm³/mol. The number of hydrogen-bond acceptors (Lipinski definition) is 1. The first-order valence-corrected chi connectivity index (χ1v) is 10.7. The maximum atomic E-state index is 4.16. The first-order chi connectivity index (χ1) is 11.9. The first kappa shape index (κ1) is 35.3. The van der Waals surface area contributed by atoms with Gasteiger partial charge in [0, 0.05) is 11.9 Å². The lowest BCUT2D eigenvalue weighted by atomic mass is 10.1. The van der Waals surface area contributed by atoms with Crippen molar-refractivity contribution in [2.45, 2.75) is 122 Å². The summed E-state index contributed by atoms with van der Waals surface area (Å²) in [6.45, 7) is 28.9. The van der Waals surface area contributed by atoms with Gasteiger partial charge in [0.2, 0.25) is 0 Å². The molecule has 0 aliphatic heterocycles. The van der Waals surface area contributed by atoms with Gasteiger partial charge in [-0.05, 0) is 38.2 Å². The highest BCUT2D eigenvalue weighted by molar-refractivity contribution is 5.79. The van der Waals surface area contributed by atoms with Crippen LogP contribution in [-0.2, 0) is 0 Å². The molecule has 0 spiro atoms. The van der Waals surface area contributed by atoms with Crippen LogP contribution in [0.2, 0.25) is 0 Å². The number of aliphatic imine (C=N–C) groups is 1. The standard InChI is InChI=1S/C11H19N.C6H14.C3H8.2C2H6/c1-5-7-8-11(6-2)9-12-10(3)4;1-4-5-6(2)3;1-3-2;2*1-2/h6,9H,3,5,7-8H2,1-2,4H3;6H,4-5H2,1-3H3;3H2,1-2H3;2*1-2H3/b11-6-,12-9?;;;;. The Morgan fingerprint density at radius 3 is 1.60 bits per heavy atom. The van der Waals surface area contributed by atoms with Gasteiger partial charge < -0.3 is 0 Å². The second-order valence-corrected chi connectivity index (χ2v) is 5.85. The fraction of sp³-hybridized carbons (Fsp3) is 0.792. The van der Waals surface area contributed by atoms with Crippen molar-refractivity contribution in [3.05, 3.63) is 23.9 Å². The van der Waals surface area contributed by atoms with Crippen molar-refractivity contribution < 1.29 is 0 Å². The van der Waals surface area contributed by atoms with Gasteiger partial charge in [0.1, 0.15) is 0 Å². The Kier molecular flexibility index (Phi) is 54.5. The molecule has 1 nitrogen and oxygen atoms in total. The molecule has 0 saturated heterocycles. The van der Waals surface area contributed by atoms with Crippen LogP contribution in [0.4, 0.5) is 0 Å². The van der Waals surface area contributed by atoms with E-state index in [1.54, 1.807) is 0 Å². The van der Waals surface area contributed by atoms with E-state index in [1.165, 1.54) is 37.7 Å². The maximum absolute atomic E-state index is 4.16. The molecular formula is C24H53N. The van der Waals surface area contributed by atoms with E-state index in [2.05, 4.69) is 66.1 Å². The van der Waals surface area contributed by atoms with E-state index in [9.17, 15) is 0 Å². The molecule has 0 heterocycles. The van der Waals surface area contributed by atoms with Crippen molar-refractivity contribution >= 4 is 6.21 Å². The minimum atomic E-state index is 0.867. The topological polar surface area (TPSA) is 12.4 Å². The third-order valence-electron chi connectivity index (χ3n) is 2.51. The van der Waals surface area contributed by atoms with Crippen molar-refractivity contribution in [3.8, 4) is 0 Å². The Bertz CT molecular complexity index is 259. The van der Waals surface area contributed by atoms with Crippen LogP contribution < -0.4 is 0 Å². The summed E-state index contributed by atoms with van der Waals surface area (Å²) >= 11 is 0. The van der Waals surface area contributed by atoms with Crippen LogP contribution in [0.5, 0.6) is 0 Å². The second kappa shape index (κ2) is 38.6. The Labute approximate surface area is 163 Å². The molecule has 0 aromatic rings. The van der Waals surface area contributed by atoms with Gasteiger partial charge in [-0.3, -0.25) is 4.99 Å². The van der Waals surface area contributed by atoms with E-state index in [-0.39, 0.29) is 0 Å². The summed E-state index contributed by atoms with van der Waals surface area (Å²) in [5.74, 6) is 0.898. The molecule has 0 aromatic heterocycles. The van der Waals surface area contributed by atoms with Gasteiger partial charge in [0.25, 0.3) is 0 Å². The lowest BCUT2D eigenvalue weighted by Gasteiger charge is -1.98. The van der Waals surface area contributed by atoms with Crippen molar-refractivity contribution in [2.24, 2.45) is 10.9 Å². The molecule has 0 aromatic carbocycles. The minimum Gasteiger partial charge on any atom is -0.262 e. The molecular weight excluding hydrogens is 302 g/mol. The monoisotopic (exact) mass is 355 g/mol. The Morgan fingerprint density at radius 1 is 0.960 bits per heavy atom. The van der Waals surface area contributed by atoms with Crippen molar-refractivity contribution in [3.63, 3.8) is 0 Å². The molecule has 1 heteroatoms. The minimum absolute atomic E-state index is 0.867. The number of rotatable bonds is 7. The van der Waals surface area contributed by atoms with Crippen LogP contribution in [0, 0.1) is 5.92 Å². The van der Waals surface area contributed by atoms with E-state index < -0.39 is 0 Å². The molecule has 0 aliphatic rings. The van der Waals surface area contributed by atoms with Gasteiger partial charge in [-0.15, -0.1) is 0 Å². The lowest BCUT2D eigenvalue weighted by molar-refractivity contribution is 0.576. The van der Waals surface area contributed by atoms with Gasteiger partial charge in [-0.25, -0.2) is 0 Å². The highest BCUT2D eigenvalue weighted by Gasteiger charge is 1.90. The zero-order valence-corrected chi connectivity index (χ0v) is 20.1. The fourth-order valence-electron chi connectivity index (χ4n) is 1.43. The second-order valence-electron chi connectivity index (χ2n) is 5.85. The van der Waals surface area contributed by atoms with Gasteiger partial charge in [-0.2, -0.15) is 0 Å². The van der Waals surface area contributed by atoms with Crippen molar-refractivity contribution in [2.75, 3.05) is 0 Å². The van der Waals surface area contributed by atoms with E-state index in [0.29, 0.717) is 0 Å². The molecule has 0 aliphatic carbocycles. The third-order valence-corrected chi connectivity index (χ3v) is 2.51. The fourth-order valence-corrected chi connectivity index (χ4v) is 1.43. The average Bonchev–Trinajstić information content (AvgIpc) is 2.59. The van der Waals surface area contributed by atoms with E-state index >= 15 is 0 Å². The molecule has 0 rings (SSSR count). The summed E-state index contributed by atoms with van der Waals surface area (Å²) in [7, 11) is 0. The van der Waals surface area contributed by atoms with Crippen LogP contribution in [0.3, 0.4) is 0 Å². The number of hydrogen-bond donors (Lipinski definition) is 0. The highest BCUT2D eigenvalue weighted by atomic mass is 14.7. The van der Waals surface area contributed by atoms with Gasteiger partial charge >= 0.3 is 0 Å². The largest absolute Gasteiger partial charge is 0.262 e. The summed E-state index contributed by atoms with van der Waals surface area (Å²) < 4.78 is 0. The zero-order chi connectivity index (χ0) is 21.1. The van der Waals surface area contributed by atoms with E-state index in [1.807, 2.05) is 40.8 Å². The molecule has 0 bridgehead atoms. The predicted octanol–water partition coefficient (Wildman–Crippen LogP) is 9.64. The van der Waals surface area contributed by atoms with Gasteiger partial charge in [-0.1, -0.05) is 108 Å². The molecule has 154 valence electrons. The summed E-state index contributed by atoms with van der Waals surface area (Å²) in [6, 6.07) is 0. The van der Waals surface area contributed by atoms with Crippen LogP contribution in [0.1, 0.15) is 122 Å². The summed E-state index contributed by atoms with van der Waals surface area (Å²) in [4.78, 5) is 4.16. The van der Waals surface area contributed by atoms with Crippen molar-refractivity contribution in [1.82, 2.24) is 0 Å². The molecule has 0 unspecified atom stereocenters. The van der Waals surface area contributed by atoms with E-state index in [4.69, 9.17) is 0 Å². The van der Waals surface area contributed by atoms with Crippen molar-refractivity contribution in [1.29, 1.82) is 0 Å². The summed E-state index contributed by atoms with van der Waals surface area (Å²) in [5.41, 5.74) is 2.17. The number of nitrogens with zero attached hydrogens (tertiary/aromatic N) is 1. The summed E-state index contributed by atoms with van der Waals surface area (Å²) in [6.07, 6.45) is 11.6. The Balaban J connectivity index is -0.0000000858. The molecule has 0 amide bonds. The highest BCUT2D eigenvalue weighted by Crippen LogP contribution is 2.05. The van der Waals surface area contributed by atoms with Crippen LogP contribution in [0.15, 0.2) is 28.9 Å². The zero-order valence-electron chi connectivity index (χ0n) is 20.1. The molecule has 0 fully saturated rings. The molecule has 0 radical (unpaired) electrons. The first-order valence-electron chi connectivity index (χ1n) is 10.7. The smallest absolute Gasteiger partial charge is 0.0301 e. The molecule has 0 N–H and O–H groups in total. The summed E-state index contributed by atoms with van der Waals surface area (Å²) in [5, 5.41) is 0. The normalized spacial score (nSPS) is 9.56. The lowest BCUT2D eigenvalue weighted by Crippen LogP contribution is -1.85. The van der Waals surface area contributed by atoms with E-state index in [0.717, 1.165) is 18.0 Å². The quantitative estimate of drug-likeness (QED) is 0.403. The van der Waals surface area contributed by atoms with Gasteiger partial charge in [0.15, 0.2) is 0 Å². The van der Waals surface area contributed by atoms with Crippen LogP contribution >= 0.6 is 0 Å². The number of allylic oxidation sites excluding steroid dienone is 3. The SMILES string of the molecule is C=C(C)N=C/C(=C\C)CCCC.CC.CC.CCC.CCCC(C)C. The Hall–Kier alpha value is -0.850. The molecule has 0 saturated carbocycles.